The maximum absolute atomic E-state index is 5.21. The summed E-state index contributed by atoms with van der Waals surface area (Å²) in [5.41, 5.74) is 6.27. The predicted molar refractivity (Wildman–Crippen MR) is 64.3 cm³/mol. The number of quaternary nitrogens is 1. The summed E-state index contributed by atoms with van der Waals surface area (Å²) in [5.74, 6) is 0.887. The van der Waals surface area contributed by atoms with E-state index in [1.54, 1.807) is 18.4 Å². The van der Waals surface area contributed by atoms with Gasteiger partial charge in [0.1, 0.15) is 5.75 Å². The van der Waals surface area contributed by atoms with E-state index in [9.17, 15) is 0 Å². The summed E-state index contributed by atoms with van der Waals surface area (Å²) in [5, 5.41) is 3.32. The number of methoxy groups -OCH3 is 1. The number of thiazole rings is 1. The molecule has 4 N–H and O–H groups in total. The Morgan fingerprint density at radius 3 is 2.78 bits per heavy atom. The van der Waals surface area contributed by atoms with Gasteiger partial charge in [0.05, 0.1) is 31.0 Å². The Hall–Kier alpha value is -0.430. The third-order valence-electron chi connectivity index (χ3n) is 2.37. The van der Waals surface area contributed by atoms with Gasteiger partial charge in [-0.2, -0.15) is 4.98 Å². The van der Waals surface area contributed by atoms with Gasteiger partial charge < -0.3 is 44.4 Å². The molecule has 0 saturated carbocycles. The Bertz CT molecular complexity index is 477. The highest BCUT2D eigenvalue weighted by Crippen LogP contribution is 2.24. The molecule has 2 aromatic rings. The fourth-order valence-corrected chi connectivity index (χ4v) is 2.44. The average Bonchev–Trinajstić information content (AvgIpc) is 2.78. The van der Waals surface area contributed by atoms with Gasteiger partial charge in [-0.05, 0) is 18.2 Å². The molecule has 6 heteroatoms. The highest BCUT2D eigenvalue weighted by atomic mass is 79.9. The number of halogens is 2. The number of nitrogens with one attached hydrogen (secondary N) is 1. The number of rotatable bonds is 4. The molecule has 100 valence electrons. The molecule has 18 heavy (non-hydrogen) atoms. The van der Waals surface area contributed by atoms with Gasteiger partial charge in [0.25, 0.3) is 5.01 Å². The minimum absolute atomic E-state index is 0. The van der Waals surface area contributed by atoms with Crippen LogP contribution < -0.4 is 49.4 Å². The molecule has 0 bridgehead atoms. The van der Waals surface area contributed by atoms with Crippen molar-refractivity contribution < 1.29 is 49.4 Å². The zero-order valence-corrected chi connectivity index (χ0v) is 14.1. The van der Waals surface area contributed by atoms with Crippen LogP contribution >= 0.6 is 11.3 Å². The van der Waals surface area contributed by atoms with Gasteiger partial charge in [-0.25, -0.2) is 0 Å². The topological polar surface area (TPSA) is 51.0 Å². The van der Waals surface area contributed by atoms with Gasteiger partial charge in [-0.1, -0.05) is 17.4 Å². The van der Waals surface area contributed by atoms with Crippen LogP contribution in [0.2, 0.25) is 0 Å². The summed E-state index contributed by atoms with van der Waals surface area (Å²) in [6.07, 6.45) is 1.00. The molecular weight excluding hydrogens is 380 g/mol. The van der Waals surface area contributed by atoms with Gasteiger partial charge in [0.15, 0.2) is 5.69 Å². The Morgan fingerprint density at radius 2 is 2.11 bits per heavy atom. The van der Waals surface area contributed by atoms with Crippen LogP contribution in [0.3, 0.4) is 0 Å². The smallest absolute Gasteiger partial charge is 0.267 e. The molecule has 0 aliphatic heterocycles. The first-order valence-corrected chi connectivity index (χ1v) is 6.15. The fourth-order valence-electron chi connectivity index (χ4n) is 1.55. The highest BCUT2D eigenvalue weighted by Gasteiger charge is 2.12. The first-order valence-electron chi connectivity index (χ1n) is 5.27. The number of hydrogen-bond donors (Lipinski definition) is 1. The number of H-pyrrole nitrogens is 1. The first kappa shape index (κ1) is 17.6. The van der Waals surface area contributed by atoms with Gasteiger partial charge in [-0.3, -0.25) is 0 Å². The molecule has 0 aliphatic rings. The Kier molecular flexibility index (Phi) is 8.43. The summed E-state index contributed by atoms with van der Waals surface area (Å²) in [7, 11) is 1.69. The lowest BCUT2D eigenvalue weighted by molar-refractivity contribution is -0.394. The van der Waals surface area contributed by atoms with Crippen LogP contribution in [0.15, 0.2) is 29.6 Å². The quantitative estimate of drug-likeness (QED) is 0.554. The van der Waals surface area contributed by atoms with E-state index >= 15 is 0 Å². The average molecular weight is 396 g/mol. The van der Waals surface area contributed by atoms with E-state index in [0.29, 0.717) is 0 Å². The summed E-state index contributed by atoms with van der Waals surface area (Å²) in [6.45, 7) is 0.921. The van der Waals surface area contributed by atoms with E-state index in [0.717, 1.165) is 18.7 Å². The van der Waals surface area contributed by atoms with Crippen LogP contribution in [-0.4, -0.2) is 13.7 Å². The van der Waals surface area contributed by atoms with Crippen molar-refractivity contribution in [2.75, 3.05) is 13.7 Å². The summed E-state index contributed by atoms with van der Waals surface area (Å²) in [4.78, 5) is 3.40. The van der Waals surface area contributed by atoms with Crippen LogP contribution in [0, 0.1) is 0 Å². The molecule has 0 aliphatic carbocycles. The van der Waals surface area contributed by atoms with Gasteiger partial charge in [-0.15, -0.1) is 0 Å². The number of benzene rings is 1. The van der Waals surface area contributed by atoms with Crippen molar-refractivity contribution in [1.82, 2.24) is 0 Å². The van der Waals surface area contributed by atoms with Crippen LogP contribution in [0.1, 0.15) is 5.69 Å². The van der Waals surface area contributed by atoms with Crippen molar-refractivity contribution in [2.24, 2.45) is 0 Å². The van der Waals surface area contributed by atoms with E-state index < -0.39 is 0 Å². The Labute approximate surface area is 132 Å². The largest absolute Gasteiger partial charge is 1.00 e. The zero-order valence-electron chi connectivity index (χ0n) is 10.1. The van der Waals surface area contributed by atoms with Crippen molar-refractivity contribution in [2.45, 2.75) is 6.42 Å². The van der Waals surface area contributed by atoms with E-state index in [1.165, 1.54) is 16.3 Å². The van der Waals surface area contributed by atoms with Crippen LogP contribution in [0.25, 0.3) is 10.6 Å². The molecule has 0 amide bonds. The molecular formula is C12H16Br2N2OS. The van der Waals surface area contributed by atoms with Gasteiger partial charge in [0, 0.05) is 0 Å². The SMILES string of the molecule is COc1cccc(-c2[nH+]c(CC[NH3+])cs2)c1.[Br-].[Br-]. The number of aromatic nitrogens is 1. The summed E-state index contributed by atoms with van der Waals surface area (Å²) in [6, 6.07) is 8.08. The molecule has 0 fully saturated rings. The lowest BCUT2D eigenvalue weighted by Crippen LogP contribution is -3.00. The van der Waals surface area contributed by atoms with E-state index in [2.05, 4.69) is 22.2 Å². The standard InChI is InChI=1S/C12H14N2OS.2BrH/c1-15-11-4-2-3-9(7-11)12-14-10(5-6-13)8-16-12;;/h2-4,7-8H,5-6,13H2,1H3;2*1H. The number of ether oxygens (including phenoxy) is 1. The van der Waals surface area contributed by atoms with E-state index in [4.69, 9.17) is 4.74 Å². The molecule has 3 nitrogen and oxygen atoms in total. The van der Waals surface area contributed by atoms with Gasteiger partial charge in [0.2, 0.25) is 0 Å². The first-order chi connectivity index (χ1) is 7.83. The van der Waals surface area contributed by atoms with E-state index in [1.807, 2.05) is 18.2 Å². The van der Waals surface area contributed by atoms with E-state index in [-0.39, 0.29) is 34.0 Å². The molecule has 0 atom stereocenters. The predicted octanol–water partition coefficient (Wildman–Crippen LogP) is -4.97. The second-order valence-corrected chi connectivity index (χ2v) is 4.43. The van der Waals surface area contributed by atoms with Crippen molar-refractivity contribution in [3.63, 3.8) is 0 Å². The second kappa shape index (κ2) is 8.63. The molecule has 1 heterocycles. The molecule has 0 spiro atoms. The monoisotopic (exact) mass is 394 g/mol. The third-order valence-corrected chi connectivity index (χ3v) is 3.35. The zero-order chi connectivity index (χ0) is 11.4. The van der Waals surface area contributed by atoms with Crippen molar-refractivity contribution in [3.8, 4) is 16.3 Å². The molecule has 1 aromatic heterocycles. The second-order valence-electron chi connectivity index (χ2n) is 3.55. The highest BCUT2D eigenvalue weighted by molar-refractivity contribution is 7.12. The summed E-state index contributed by atoms with van der Waals surface area (Å²) >= 11 is 1.72. The number of hydrogen-bond acceptors (Lipinski definition) is 2. The Balaban J connectivity index is 0.00000144. The molecule has 0 radical (unpaired) electrons. The Morgan fingerprint density at radius 1 is 1.33 bits per heavy atom. The lowest BCUT2D eigenvalue weighted by atomic mass is 10.2. The minimum Gasteiger partial charge on any atom is -1.00 e. The summed E-state index contributed by atoms with van der Waals surface area (Å²) < 4.78 is 5.21. The maximum Gasteiger partial charge on any atom is 0.267 e. The van der Waals surface area contributed by atoms with Crippen molar-refractivity contribution >= 4 is 11.3 Å². The van der Waals surface area contributed by atoms with Crippen LogP contribution in [0.4, 0.5) is 0 Å². The fraction of sp³-hybridized carbons (Fsp3) is 0.250. The molecule has 1 aromatic carbocycles. The third kappa shape index (κ3) is 4.35. The number of aromatic amines is 1. The lowest BCUT2D eigenvalue weighted by Gasteiger charge is -1.98. The van der Waals surface area contributed by atoms with Crippen LogP contribution in [-0.2, 0) is 6.42 Å². The molecule has 0 unspecified atom stereocenters. The molecule has 0 saturated heterocycles. The normalized spacial score (nSPS) is 9.22. The van der Waals surface area contributed by atoms with Gasteiger partial charge >= 0.3 is 0 Å². The van der Waals surface area contributed by atoms with Crippen molar-refractivity contribution in [3.05, 3.63) is 35.3 Å². The van der Waals surface area contributed by atoms with Crippen molar-refractivity contribution in [1.29, 1.82) is 0 Å². The minimum atomic E-state index is 0. The van der Waals surface area contributed by atoms with Crippen LogP contribution in [0.5, 0.6) is 5.75 Å². The maximum atomic E-state index is 5.21. The molecule has 2 rings (SSSR count).